The van der Waals surface area contributed by atoms with Gasteiger partial charge in [0.05, 0.1) is 16.2 Å². The molecule has 0 aromatic carbocycles. The van der Waals surface area contributed by atoms with E-state index in [0.717, 1.165) is 0 Å². The molecular formula is C7H11Cl2O3P. The molecule has 1 unspecified atom stereocenters. The van der Waals surface area contributed by atoms with Crippen LogP contribution in [0.1, 0.15) is 13.8 Å². The maximum atomic E-state index is 11.9. The largest absolute Gasteiger partial charge is 0.360 e. The molecule has 0 amide bonds. The van der Waals surface area contributed by atoms with Gasteiger partial charge in [-0.15, -0.1) is 11.6 Å². The van der Waals surface area contributed by atoms with Gasteiger partial charge in [-0.1, -0.05) is 11.6 Å². The van der Waals surface area contributed by atoms with Crippen LogP contribution < -0.4 is 0 Å². The van der Waals surface area contributed by atoms with Crippen LogP contribution in [0.2, 0.25) is 0 Å². The van der Waals surface area contributed by atoms with Gasteiger partial charge in [0, 0.05) is 7.11 Å². The molecule has 0 radical (unpaired) electrons. The fourth-order valence-corrected chi connectivity index (χ4v) is 4.01. The Morgan fingerprint density at radius 2 is 2.15 bits per heavy atom. The predicted octanol–water partition coefficient (Wildman–Crippen LogP) is 3.32. The van der Waals surface area contributed by atoms with Gasteiger partial charge >= 0.3 is 7.60 Å². The molecule has 0 aliphatic carbocycles. The quantitative estimate of drug-likeness (QED) is 0.552. The molecule has 1 aliphatic heterocycles. The molecule has 13 heavy (non-hydrogen) atoms. The second kappa shape index (κ2) is 3.56. The molecule has 1 atom stereocenters. The Bertz CT molecular complexity index is 298. The summed E-state index contributed by atoms with van der Waals surface area (Å²) in [6.07, 6.45) is 0. The van der Waals surface area contributed by atoms with Crippen LogP contribution in [-0.4, -0.2) is 18.6 Å². The number of halogens is 2. The highest BCUT2D eigenvalue weighted by Gasteiger charge is 2.47. The summed E-state index contributed by atoms with van der Waals surface area (Å²) in [5, 5.41) is 0.746. The molecule has 0 saturated carbocycles. The molecule has 0 saturated heterocycles. The Morgan fingerprint density at radius 3 is 2.46 bits per heavy atom. The van der Waals surface area contributed by atoms with E-state index in [1.807, 2.05) is 0 Å². The zero-order valence-corrected chi connectivity index (χ0v) is 10.0. The highest BCUT2D eigenvalue weighted by molar-refractivity contribution is 7.59. The molecule has 0 spiro atoms. The van der Waals surface area contributed by atoms with E-state index in [9.17, 15) is 4.57 Å². The second-order valence-electron chi connectivity index (χ2n) is 3.18. The zero-order chi connectivity index (χ0) is 10.3. The average Bonchev–Trinajstić information content (AvgIpc) is 2.20. The summed E-state index contributed by atoms with van der Waals surface area (Å²) >= 11 is 11.6. The van der Waals surface area contributed by atoms with Crippen molar-refractivity contribution in [3.05, 3.63) is 10.3 Å². The third-order valence-electron chi connectivity index (χ3n) is 1.83. The first-order chi connectivity index (χ1) is 5.87. The smallest absolute Gasteiger partial charge is 0.309 e. The van der Waals surface area contributed by atoms with Crippen molar-refractivity contribution in [2.24, 2.45) is 0 Å². The van der Waals surface area contributed by atoms with Crippen molar-refractivity contribution in [3.63, 3.8) is 0 Å². The van der Waals surface area contributed by atoms with E-state index in [2.05, 4.69) is 0 Å². The highest BCUT2D eigenvalue weighted by atomic mass is 35.5. The van der Waals surface area contributed by atoms with Crippen LogP contribution in [0.5, 0.6) is 0 Å². The van der Waals surface area contributed by atoms with Crippen LogP contribution in [-0.2, 0) is 13.6 Å². The molecule has 0 aromatic rings. The third-order valence-corrected chi connectivity index (χ3v) is 5.32. The van der Waals surface area contributed by atoms with E-state index < -0.39 is 13.2 Å². The molecule has 6 heteroatoms. The van der Waals surface area contributed by atoms with Crippen molar-refractivity contribution in [1.82, 2.24) is 0 Å². The molecule has 76 valence electrons. The van der Waals surface area contributed by atoms with Gasteiger partial charge in [-0.2, -0.15) is 0 Å². The minimum atomic E-state index is -3.22. The van der Waals surface area contributed by atoms with Crippen molar-refractivity contribution in [1.29, 1.82) is 0 Å². The maximum Gasteiger partial charge on any atom is 0.360 e. The second-order valence-corrected chi connectivity index (χ2v) is 5.90. The van der Waals surface area contributed by atoms with Gasteiger partial charge in [0.15, 0.2) is 0 Å². The van der Waals surface area contributed by atoms with Gasteiger partial charge in [-0.3, -0.25) is 9.09 Å². The summed E-state index contributed by atoms with van der Waals surface area (Å²) < 4.78 is 22.0. The van der Waals surface area contributed by atoms with Gasteiger partial charge in [0.25, 0.3) is 0 Å². The van der Waals surface area contributed by atoms with Gasteiger partial charge in [0.2, 0.25) is 0 Å². The molecule has 1 heterocycles. The predicted molar refractivity (Wildman–Crippen MR) is 53.4 cm³/mol. The Balaban J connectivity index is 3.20. The lowest BCUT2D eigenvalue weighted by molar-refractivity contribution is 0.141. The Labute approximate surface area is 87.5 Å². The molecule has 0 aromatic heterocycles. The summed E-state index contributed by atoms with van der Waals surface area (Å²) in [6.45, 7) is 3.45. The molecule has 0 bridgehead atoms. The van der Waals surface area contributed by atoms with Gasteiger partial charge in [0.1, 0.15) is 5.60 Å². The van der Waals surface area contributed by atoms with Crippen molar-refractivity contribution in [3.8, 4) is 0 Å². The van der Waals surface area contributed by atoms with Crippen molar-refractivity contribution < 1.29 is 13.6 Å². The number of hydrogen-bond donors (Lipinski definition) is 0. The Morgan fingerprint density at radius 1 is 1.62 bits per heavy atom. The number of rotatable bonds is 2. The highest BCUT2D eigenvalue weighted by Crippen LogP contribution is 2.66. The van der Waals surface area contributed by atoms with E-state index in [-0.39, 0.29) is 5.88 Å². The number of allylic oxidation sites excluding steroid dienone is 1. The van der Waals surface area contributed by atoms with E-state index in [1.54, 1.807) is 13.8 Å². The lowest BCUT2D eigenvalue weighted by Gasteiger charge is -2.19. The first kappa shape index (κ1) is 11.5. The topological polar surface area (TPSA) is 35.5 Å². The number of alkyl halides is 1. The summed E-state index contributed by atoms with van der Waals surface area (Å²) in [5.74, 6) is 0.0629. The summed E-state index contributed by atoms with van der Waals surface area (Å²) in [6, 6.07) is 0. The fourth-order valence-electron chi connectivity index (χ4n) is 1.14. The van der Waals surface area contributed by atoms with E-state index in [0.29, 0.717) is 10.3 Å². The minimum absolute atomic E-state index is 0.0629. The van der Waals surface area contributed by atoms with Crippen molar-refractivity contribution in [2.45, 2.75) is 19.4 Å². The monoisotopic (exact) mass is 244 g/mol. The van der Waals surface area contributed by atoms with Gasteiger partial charge in [-0.05, 0) is 13.8 Å². The minimum Gasteiger partial charge on any atom is -0.309 e. The SMILES string of the molecule is COP1(=O)OC(C)(C)C(Cl)=C1CCl. The average molecular weight is 245 g/mol. The summed E-state index contributed by atoms with van der Waals surface area (Å²) in [5.41, 5.74) is -0.767. The lowest BCUT2D eigenvalue weighted by Crippen LogP contribution is -2.18. The molecule has 0 N–H and O–H groups in total. The first-order valence-electron chi connectivity index (χ1n) is 3.69. The van der Waals surface area contributed by atoms with E-state index in [1.165, 1.54) is 7.11 Å². The number of hydrogen-bond acceptors (Lipinski definition) is 3. The van der Waals surface area contributed by atoms with Crippen LogP contribution in [0.3, 0.4) is 0 Å². The Hall–Kier alpha value is 0.470. The molecule has 3 nitrogen and oxygen atoms in total. The standard InChI is InChI=1S/C7H11Cl2O3P/c1-7(2)6(9)5(4-8)13(10,11-3)12-7/h4H2,1-3H3. The molecule has 1 rings (SSSR count). The third kappa shape index (κ3) is 1.81. The summed E-state index contributed by atoms with van der Waals surface area (Å²) in [4.78, 5) is 0. The van der Waals surface area contributed by atoms with Crippen LogP contribution in [0.15, 0.2) is 10.3 Å². The molecule has 1 aliphatic rings. The first-order valence-corrected chi connectivity index (χ1v) is 6.15. The van der Waals surface area contributed by atoms with Gasteiger partial charge < -0.3 is 4.52 Å². The van der Waals surface area contributed by atoms with Crippen LogP contribution in [0.25, 0.3) is 0 Å². The van der Waals surface area contributed by atoms with Gasteiger partial charge in [-0.25, -0.2) is 0 Å². The summed E-state index contributed by atoms with van der Waals surface area (Å²) in [7, 11) is -1.90. The normalized spacial score (nSPS) is 32.7. The van der Waals surface area contributed by atoms with Crippen LogP contribution in [0.4, 0.5) is 0 Å². The molecule has 0 fully saturated rings. The van der Waals surface area contributed by atoms with Crippen molar-refractivity contribution >= 4 is 30.8 Å². The van der Waals surface area contributed by atoms with Crippen LogP contribution >= 0.6 is 30.8 Å². The van der Waals surface area contributed by atoms with Crippen LogP contribution in [0, 0.1) is 0 Å². The van der Waals surface area contributed by atoms with E-state index >= 15 is 0 Å². The van der Waals surface area contributed by atoms with Crippen molar-refractivity contribution in [2.75, 3.05) is 13.0 Å². The lowest BCUT2D eigenvalue weighted by atomic mass is 10.1. The Kier molecular flexibility index (Phi) is 3.16. The zero-order valence-electron chi connectivity index (χ0n) is 7.63. The molecular weight excluding hydrogens is 234 g/mol. The maximum absolute atomic E-state index is 11.9. The van der Waals surface area contributed by atoms with E-state index in [4.69, 9.17) is 32.2 Å². The fraction of sp³-hybridized carbons (Fsp3) is 0.714.